The average molecular weight is 569 g/mol. The number of carbonyl (C=O) groups is 2. The van der Waals surface area contributed by atoms with Crippen molar-refractivity contribution in [3.05, 3.63) is 53.3 Å². The molecule has 39 heavy (non-hydrogen) atoms. The van der Waals surface area contributed by atoms with Gasteiger partial charge < -0.3 is 14.9 Å². The minimum absolute atomic E-state index is 0.132. The molecule has 13 heteroatoms. The van der Waals surface area contributed by atoms with Crippen molar-refractivity contribution in [1.82, 2.24) is 9.80 Å². The summed E-state index contributed by atoms with van der Waals surface area (Å²) in [6.07, 6.45) is -2.99. The van der Waals surface area contributed by atoms with Crippen LogP contribution in [0.15, 0.2) is 41.9 Å². The number of halogens is 5. The van der Waals surface area contributed by atoms with E-state index in [-0.39, 0.29) is 42.6 Å². The summed E-state index contributed by atoms with van der Waals surface area (Å²) in [5.74, 6) is -7.86. The number of rotatable bonds is 6. The number of alkyl halides is 3. The number of allylic oxidation sites excluding steroid dienone is 3. The van der Waals surface area contributed by atoms with Gasteiger partial charge in [0.15, 0.2) is 5.11 Å². The first-order valence-electron chi connectivity index (χ1n) is 12.2. The topological polar surface area (TPSA) is 87.9 Å². The van der Waals surface area contributed by atoms with E-state index in [2.05, 4.69) is 0 Å². The van der Waals surface area contributed by atoms with E-state index in [4.69, 9.17) is 17.5 Å². The molecule has 2 saturated heterocycles. The van der Waals surface area contributed by atoms with Crippen molar-refractivity contribution in [2.24, 2.45) is 11.8 Å². The van der Waals surface area contributed by atoms with Gasteiger partial charge in [0, 0.05) is 25.2 Å². The maximum Gasteiger partial charge on any atom is 0.399 e. The Morgan fingerprint density at radius 2 is 1.92 bits per heavy atom. The SMILES string of the molecule is CC1(C)C(=O)N(C2=C(F)C(C(F)(F)F)C(C#N)C=C2)C(=S)N1c1ccc(CCCC(=O)N2CC(O)C2)c(F)c1. The lowest BCUT2D eigenvalue weighted by Gasteiger charge is -2.35. The van der Waals surface area contributed by atoms with Gasteiger partial charge in [0.1, 0.15) is 23.1 Å². The highest BCUT2D eigenvalue weighted by molar-refractivity contribution is 7.80. The number of nitriles is 1. The minimum atomic E-state index is -5.08. The van der Waals surface area contributed by atoms with Gasteiger partial charge in [0.25, 0.3) is 5.91 Å². The number of hydrogen-bond acceptors (Lipinski definition) is 5. The van der Waals surface area contributed by atoms with Crippen LogP contribution in [0.4, 0.5) is 27.6 Å². The number of β-amino-alcohol motifs (C(OH)–C–C–N with tert-alkyl or cyclic N) is 1. The molecule has 2 aliphatic heterocycles. The predicted molar refractivity (Wildman–Crippen MR) is 134 cm³/mol. The Morgan fingerprint density at radius 1 is 1.26 bits per heavy atom. The van der Waals surface area contributed by atoms with Crippen LogP contribution in [0, 0.1) is 29.0 Å². The van der Waals surface area contributed by atoms with Crippen LogP contribution >= 0.6 is 12.2 Å². The van der Waals surface area contributed by atoms with Crippen LogP contribution < -0.4 is 4.90 Å². The highest BCUT2D eigenvalue weighted by atomic mass is 32.1. The Hall–Kier alpha value is -3.37. The smallest absolute Gasteiger partial charge is 0.389 e. The molecule has 2 fully saturated rings. The first-order valence-corrected chi connectivity index (χ1v) is 12.6. The number of thiocarbonyl (C=S) groups is 1. The molecule has 1 aliphatic carbocycles. The third-order valence-electron chi connectivity index (χ3n) is 7.10. The lowest BCUT2D eigenvalue weighted by Crippen LogP contribution is -2.53. The summed E-state index contributed by atoms with van der Waals surface area (Å²) in [4.78, 5) is 28.8. The van der Waals surface area contributed by atoms with Gasteiger partial charge in [-0.15, -0.1) is 0 Å². The molecule has 208 valence electrons. The first-order chi connectivity index (χ1) is 18.2. The standard InChI is InChI=1S/C26H25F5N4O3S/c1-25(2)23(38)34(19-9-7-15(11-32)21(22(19)28)26(29,30)31)24(39)35(25)16-8-6-14(18(27)10-16)4-3-5-20(37)33-12-17(36)13-33/h6-10,15,17,21,36H,3-5,12-13H2,1-2H3. The monoisotopic (exact) mass is 568 g/mol. The Kier molecular flexibility index (Phi) is 7.57. The molecule has 1 N–H and O–H groups in total. The van der Waals surface area contributed by atoms with Crippen LogP contribution in [-0.2, 0) is 16.0 Å². The van der Waals surface area contributed by atoms with E-state index in [1.807, 2.05) is 0 Å². The third kappa shape index (κ3) is 5.15. The molecule has 2 unspecified atom stereocenters. The summed E-state index contributed by atoms with van der Waals surface area (Å²) >= 11 is 5.39. The van der Waals surface area contributed by atoms with E-state index < -0.39 is 52.9 Å². The van der Waals surface area contributed by atoms with E-state index in [0.29, 0.717) is 16.9 Å². The Labute approximate surface area is 226 Å². The second-order valence-corrected chi connectivity index (χ2v) is 10.5. The van der Waals surface area contributed by atoms with Crippen molar-refractivity contribution >= 4 is 34.8 Å². The normalized spacial score (nSPS) is 23.4. The molecule has 1 aromatic rings. The van der Waals surface area contributed by atoms with Gasteiger partial charge in [0.05, 0.1) is 23.8 Å². The molecule has 0 aromatic heterocycles. The zero-order valence-corrected chi connectivity index (χ0v) is 21.8. The van der Waals surface area contributed by atoms with Crippen LogP contribution in [0.1, 0.15) is 32.3 Å². The van der Waals surface area contributed by atoms with Gasteiger partial charge in [-0.05, 0) is 62.7 Å². The number of aliphatic hydroxyl groups excluding tert-OH is 1. The number of benzene rings is 1. The average Bonchev–Trinajstić information content (AvgIpc) is 3.00. The largest absolute Gasteiger partial charge is 0.399 e. The number of aliphatic hydroxyl groups is 1. The van der Waals surface area contributed by atoms with Gasteiger partial charge in [0.2, 0.25) is 5.91 Å². The number of nitrogens with zero attached hydrogens (tertiary/aromatic N) is 4. The zero-order valence-electron chi connectivity index (χ0n) is 21.0. The Bertz CT molecular complexity index is 1310. The Balaban J connectivity index is 1.55. The maximum absolute atomic E-state index is 15.2. The number of anilines is 1. The first kappa shape index (κ1) is 28.6. The molecule has 1 aromatic carbocycles. The van der Waals surface area contributed by atoms with Crippen molar-refractivity contribution in [3.63, 3.8) is 0 Å². The number of hydrogen-bond donors (Lipinski definition) is 1. The number of amides is 2. The van der Waals surface area contributed by atoms with Crippen LogP contribution in [0.2, 0.25) is 0 Å². The molecule has 7 nitrogen and oxygen atoms in total. The van der Waals surface area contributed by atoms with E-state index in [0.717, 1.165) is 18.2 Å². The number of likely N-dealkylation sites (tertiary alicyclic amines) is 1. The highest BCUT2D eigenvalue weighted by Gasteiger charge is 2.55. The number of carbonyl (C=O) groups excluding carboxylic acids is 2. The molecule has 2 amide bonds. The quantitative estimate of drug-likeness (QED) is 0.410. The van der Waals surface area contributed by atoms with Crippen LogP contribution in [-0.4, -0.2) is 62.7 Å². The lowest BCUT2D eigenvalue weighted by molar-refractivity contribution is -0.174. The molecular weight excluding hydrogens is 543 g/mol. The fourth-order valence-corrected chi connectivity index (χ4v) is 5.43. The third-order valence-corrected chi connectivity index (χ3v) is 7.46. The second kappa shape index (κ2) is 10.3. The van der Waals surface area contributed by atoms with E-state index in [1.165, 1.54) is 41.8 Å². The fourth-order valence-electron chi connectivity index (χ4n) is 4.91. The van der Waals surface area contributed by atoms with Gasteiger partial charge in [-0.25, -0.2) is 8.78 Å². The summed E-state index contributed by atoms with van der Waals surface area (Å²) in [6, 6.07) is 5.50. The summed E-state index contributed by atoms with van der Waals surface area (Å²) in [5, 5.41) is 18.0. The molecule has 0 radical (unpaired) electrons. The highest BCUT2D eigenvalue weighted by Crippen LogP contribution is 2.45. The summed E-state index contributed by atoms with van der Waals surface area (Å²) in [5.41, 5.74) is -1.78. The molecule has 4 rings (SSSR count). The molecule has 2 atom stereocenters. The van der Waals surface area contributed by atoms with E-state index in [1.54, 1.807) is 0 Å². The zero-order chi connectivity index (χ0) is 28.9. The van der Waals surface area contributed by atoms with Crippen LogP contribution in [0.5, 0.6) is 0 Å². The summed E-state index contributed by atoms with van der Waals surface area (Å²) in [6.45, 7) is 3.43. The molecule has 3 aliphatic rings. The van der Waals surface area contributed by atoms with Crippen LogP contribution in [0.25, 0.3) is 0 Å². The van der Waals surface area contributed by atoms with Crippen molar-refractivity contribution in [3.8, 4) is 6.07 Å². The second-order valence-electron chi connectivity index (χ2n) is 10.2. The van der Waals surface area contributed by atoms with Gasteiger partial charge in [-0.3, -0.25) is 14.5 Å². The minimum Gasteiger partial charge on any atom is -0.389 e. The molecule has 0 bridgehead atoms. The fraction of sp³-hybridized carbons (Fsp3) is 0.462. The van der Waals surface area contributed by atoms with E-state index in [9.17, 15) is 27.9 Å². The molecule has 2 heterocycles. The summed E-state index contributed by atoms with van der Waals surface area (Å²) < 4.78 is 71.0. The lowest BCUT2D eigenvalue weighted by atomic mass is 9.86. The van der Waals surface area contributed by atoms with E-state index >= 15 is 8.78 Å². The number of aryl methyl sites for hydroxylation is 1. The maximum atomic E-state index is 15.2. The van der Waals surface area contributed by atoms with Crippen molar-refractivity contribution < 1.29 is 36.6 Å². The van der Waals surface area contributed by atoms with Gasteiger partial charge in [-0.1, -0.05) is 12.1 Å². The van der Waals surface area contributed by atoms with Crippen molar-refractivity contribution in [1.29, 1.82) is 5.26 Å². The summed E-state index contributed by atoms with van der Waals surface area (Å²) in [7, 11) is 0. The van der Waals surface area contributed by atoms with Crippen LogP contribution in [0.3, 0.4) is 0 Å². The Morgan fingerprint density at radius 3 is 2.49 bits per heavy atom. The molecule has 0 spiro atoms. The predicted octanol–water partition coefficient (Wildman–Crippen LogP) is 4.13. The van der Waals surface area contributed by atoms with Gasteiger partial charge >= 0.3 is 6.18 Å². The van der Waals surface area contributed by atoms with Crippen molar-refractivity contribution in [2.75, 3.05) is 18.0 Å². The van der Waals surface area contributed by atoms with Gasteiger partial charge in [-0.2, -0.15) is 18.4 Å². The van der Waals surface area contributed by atoms with Crippen molar-refractivity contribution in [2.45, 2.75) is 50.9 Å². The molecular formula is C26H25F5N4O3S. The molecule has 0 saturated carbocycles.